The number of aromatic nitrogens is 2. The molecule has 3 atom stereocenters. The molecule has 0 amide bonds. The molecule has 0 aliphatic carbocycles. The van der Waals surface area contributed by atoms with Gasteiger partial charge in [-0.05, 0) is 62.6 Å². The van der Waals surface area contributed by atoms with Crippen LogP contribution in [0.5, 0.6) is 0 Å². The van der Waals surface area contributed by atoms with E-state index in [1.807, 2.05) is 30.9 Å². The second-order valence-electron chi connectivity index (χ2n) is 7.61. The number of halogens is 1. The molecule has 2 bridgehead atoms. The molecule has 0 N–H and O–H groups in total. The molecule has 1 unspecified atom stereocenters. The van der Waals surface area contributed by atoms with Gasteiger partial charge in [-0.2, -0.15) is 5.10 Å². The van der Waals surface area contributed by atoms with E-state index in [0.717, 1.165) is 12.1 Å². The highest BCUT2D eigenvalue weighted by atomic mass is 19.1. The molecule has 0 saturated carbocycles. The Kier molecular flexibility index (Phi) is 3.95. The van der Waals surface area contributed by atoms with E-state index in [-0.39, 0.29) is 5.82 Å². The molecule has 2 saturated heterocycles. The van der Waals surface area contributed by atoms with Crippen LogP contribution in [0.4, 0.5) is 4.39 Å². The van der Waals surface area contributed by atoms with E-state index in [1.54, 1.807) is 6.07 Å². The van der Waals surface area contributed by atoms with Gasteiger partial charge >= 0.3 is 0 Å². The third-order valence-corrected chi connectivity index (χ3v) is 6.23. The lowest BCUT2D eigenvalue weighted by atomic mass is 9.84. The number of aryl methyl sites for hydroxylation is 2. The molecule has 0 radical (unpaired) electrons. The van der Waals surface area contributed by atoms with E-state index in [1.165, 1.54) is 42.5 Å². The molecule has 4 heteroatoms. The summed E-state index contributed by atoms with van der Waals surface area (Å²) in [7, 11) is 2.01. The highest BCUT2D eigenvalue weighted by Gasteiger charge is 2.41. The van der Waals surface area contributed by atoms with Crippen molar-refractivity contribution in [3.05, 3.63) is 52.6 Å². The highest BCUT2D eigenvalue weighted by molar-refractivity contribution is 5.28. The predicted octanol–water partition coefficient (Wildman–Crippen LogP) is 4.09. The summed E-state index contributed by atoms with van der Waals surface area (Å²) in [5.74, 6) is 0.485. The Morgan fingerprint density at radius 1 is 1.17 bits per heavy atom. The predicted molar refractivity (Wildman–Crippen MR) is 93.4 cm³/mol. The number of benzene rings is 1. The van der Waals surface area contributed by atoms with Crippen LogP contribution in [0.1, 0.15) is 54.0 Å². The van der Waals surface area contributed by atoms with E-state index in [9.17, 15) is 4.39 Å². The van der Waals surface area contributed by atoms with Crippen LogP contribution in [0.3, 0.4) is 0 Å². The summed E-state index contributed by atoms with van der Waals surface area (Å²) in [5, 5.41) is 4.39. The molecule has 3 heterocycles. The number of piperidine rings is 1. The van der Waals surface area contributed by atoms with Gasteiger partial charge in [0.1, 0.15) is 5.82 Å². The molecule has 2 aromatic rings. The SMILES string of the molecule is Cc1cc(C2C[C@H]3CC[C@@H](C2)N3Cc2cnn(C)c2C)ccc1F. The fraction of sp³-hybridized carbons (Fsp3) is 0.550. The molecule has 0 spiro atoms. The van der Waals surface area contributed by atoms with Crippen molar-refractivity contribution in [3.63, 3.8) is 0 Å². The summed E-state index contributed by atoms with van der Waals surface area (Å²) >= 11 is 0. The zero-order valence-electron chi connectivity index (χ0n) is 14.8. The molecule has 3 nitrogen and oxygen atoms in total. The van der Waals surface area contributed by atoms with Crippen LogP contribution in [0, 0.1) is 19.7 Å². The van der Waals surface area contributed by atoms with E-state index in [0.29, 0.717) is 18.0 Å². The number of hydrogen-bond donors (Lipinski definition) is 0. The summed E-state index contributed by atoms with van der Waals surface area (Å²) in [6.07, 6.45) is 6.99. The first-order valence-corrected chi connectivity index (χ1v) is 9.02. The molecule has 4 rings (SSSR count). The van der Waals surface area contributed by atoms with Gasteiger partial charge in [0, 0.05) is 36.9 Å². The number of nitrogens with zero attached hydrogens (tertiary/aromatic N) is 3. The summed E-state index contributed by atoms with van der Waals surface area (Å²) in [5.41, 5.74) is 4.72. The van der Waals surface area contributed by atoms with Crippen molar-refractivity contribution in [3.8, 4) is 0 Å². The van der Waals surface area contributed by atoms with E-state index >= 15 is 0 Å². The van der Waals surface area contributed by atoms with E-state index < -0.39 is 0 Å². The van der Waals surface area contributed by atoms with Crippen LogP contribution in [0.25, 0.3) is 0 Å². The molecule has 128 valence electrons. The average molecular weight is 327 g/mol. The number of hydrogen-bond acceptors (Lipinski definition) is 2. The van der Waals surface area contributed by atoms with Gasteiger partial charge in [0.15, 0.2) is 0 Å². The van der Waals surface area contributed by atoms with Gasteiger partial charge in [0.05, 0.1) is 6.20 Å². The minimum absolute atomic E-state index is 0.0915. The molecule has 2 aliphatic heterocycles. The summed E-state index contributed by atoms with van der Waals surface area (Å²) in [6.45, 7) is 5.04. The lowest BCUT2D eigenvalue weighted by molar-refractivity contribution is 0.118. The van der Waals surface area contributed by atoms with Crippen molar-refractivity contribution < 1.29 is 4.39 Å². The van der Waals surface area contributed by atoms with Gasteiger partial charge in [-0.1, -0.05) is 12.1 Å². The highest BCUT2D eigenvalue weighted by Crippen LogP contribution is 2.44. The first-order valence-electron chi connectivity index (χ1n) is 9.02. The van der Waals surface area contributed by atoms with E-state index in [4.69, 9.17) is 0 Å². The lowest BCUT2D eigenvalue weighted by Gasteiger charge is -2.39. The Morgan fingerprint density at radius 2 is 1.88 bits per heavy atom. The second-order valence-corrected chi connectivity index (χ2v) is 7.61. The molecule has 1 aromatic carbocycles. The van der Waals surface area contributed by atoms with Crippen molar-refractivity contribution in [2.24, 2.45) is 7.05 Å². The van der Waals surface area contributed by atoms with Crippen molar-refractivity contribution in [2.75, 3.05) is 0 Å². The van der Waals surface area contributed by atoms with Crippen molar-refractivity contribution in [2.45, 2.75) is 64.1 Å². The monoisotopic (exact) mass is 327 g/mol. The first kappa shape index (κ1) is 15.8. The van der Waals surface area contributed by atoms with E-state index in [2.05, 4.69) is 23.0 Å². The smallest absolute Gasteiger partial charge is 0.126 e. The Morgan fingerprint density at radius 3 is 2.46 bits per heavy atom. The second kappa shape index (κ2) is 5.99. The molecule has 24 heavy (non-hydrogen) atoms. The van der Waals surface area contributed by atoms with Crippen molar-refractivity contribution >= 4 is 0 Å². The molecular formula is C20H26FN3. The van der Waals surface area contributed by atoms with Crippen LogP contribution in [-0.2, 0) is 13.6 Å². The van der Waals surface area contributed by atoms with Gasteiger partial charge < -0.3 is 0 Å². The number of fused-ring (bicyclic) bond motifs is 2. The van der Waals surface area contributed by atoms with Crippen LogP contribution < -0.4 is 0 Å². The van der Waals surface area contributed by atoms with Gasteiger partial charge in [0.2, 0.25) is 0 Å². The largest absolute Gasteiger partial charge is 0.293 e. The van der Waals surface area contributed by atoms with Gasteiger partial charge in [-0.3, -0.25) is 9.58 Å². The quantitative estimate of drug-likeness (QED) is 0.847. The Bertz CT molecular complexity index is 737. The molecule has 2 fully saturated rings. The maximum absolute atomic E-state index is 13.6. The Labute approximate surface area is 143 Å². The molecular weight excluding hydrogens is 301 g/mol. The average Bonchev–Trinajstić information content (AvgIpc) is 2.99. The lowest BCUT2D eigenvalue weighted by Crippen LogP contribution is -2.41. The Hall–Kier alpha value is -1.68. The normalized spacial score (nSPS) is 26.9. The first-order chi connectivity index (χ1) is 11.5. The fourth-order valence-electron chi connectivity index (χ4n) is 4.62. The minimum Gasteiger partial charge on any atom is -0.293 e. The van der Waals surface area contributed by atoms with Gasteiger partial charge in [-0.25, -0.2) is 4.39 Å². The van der Waals surface area contributed by atoms with Crippen LogP contribution in [-0.4, -0.2) is 26.8 Å². The topological polar surface area (TPSA) is 21.1 Å². The maximum Gasteiger partial charge on any atom is 0.126 e. The summed E-state index contributed by atoms with van der Waals surface area (Å²) in [4.78, 5) is 2.69. The third-order valence-electron chi connectivity index (χ3n) is 6.23. The van der Waals surface area contributed by atoms with Gasteiger partial charge in [0.25, 0.3) is 0 Å². The Balaban J connectivity index is 1.51. The maximum atomic E-state index is 13.6. The molecule has 2 aliphatic rings. The van der Waals surface area contributed by atoms with Gasteiger partial charge in [-0.15, -0.1) is 0 Å². The fourth-order valence-corrected chi connectivity index (χ4v) is 4.62. The van der Waals surface area contributed by atoms with Crippen LogP contribution >= 0.6 is 0 Å². The van der Waals surface area contributed by atoms with Crippen LogP contribution in [0.2, 0.25) is 0 Å². The zero-order chi connectivity index (χ0) is 16.8. The zero-order valence-corrected chi connectivity index (χ0v) is 14.8. The third kappa shape index (κ3) is 2.67. The summed E-state index contributed by atoms with van der Waals surface area (Å²) < 4.78 is 15.5. The van der Waals surface area contributed by atoms with Crippen LogP contribution in [0.15, 0.2) is 24.4 Å². The minimum atomic E-state index is -0.0915. The standard InChI is InChI=1S/C20H26FN3/c1-13-8-15(4-7-20(13)21)16-9-18-5-6-19(10-16)24(18)12-17-11-22-23(3)14(17)2/h4,7-8,11,16,18-19H,5-6,9-10,12H2,1-3H3/t16?,18-,19+. The molecule has 1 aromatic heterocycles. The van der Waals surface area contributed by atoms with Crippen molar-refractivity contribution in [1.82, 2.24) is 14.7 Å². The number of rotatable bonds is 3. The summed E-state index contributed by atoms with van der Waals surface area (Å²) in [6, 6.07) is 6.99. The van der Waals surface area contributed by atoms with Crippen molar-refractivity contribution in [1.29, 1.82) is 0 Å².